The lowest BCUT2D eigenvalue weighted by Crippen LogP contribution is -2.25. The molecule has 0 radical (unpaired) electrons. The van der Waals surface area contributed by atoms with Crippen LogP contribution in [0.4, 0.5) is 0 Å². The summed E-state index contributed by atoms with van der Waals surface area (Å²) < 4.78 is 22.6. The van der Waals surface area contributed by atoms with E-state index in [-0.39, 0.29) is 0 Å². The predicted octanol–water partition coefficient (Wildman–Crippen LogP) is 3.49. The SMILES string of the molecule is CCOc1ccc2c(Cc3cc(OC)c(OC)c(OC)c3)c[n+]([O-])cc2c1. The first kappa shape index (κ1) is 18.6. The zero-order valence-corrected chi connectivity index (χ0v) is 15.9. The summed E-state index contributed by atoms with van der Waals surface area (Å²) in [6, 6.07) is 9.56. The summed E-state index contributed by atoms with van der Waals surface area (Å²) in [4.78, 5) is 0. The topological polar surface area (TPSA) is 63.9 Å². The Morgan fingerprint density at radius 2 is 1.63 bits per heavy atom. The predicted molar refractivity (Wildman–Crippen MR) is 103 cm³/mol. The second-order valence-electron chi connectivity index (χ2n) is 6.04. The minimum absolute atomic E-state index is 0.543. The quantitative estimate of drug-likeness (QED) is 0.471. The van der Waals surface area contributed by atoms with E-state index in [0.717, 1.165) is 32.4 Å². The normalized spacial score (nSPS) is 10.7. The number of methoxy groups -OCH3 is 3. The highest BCUT2D eigenvalue weighted by Gasteiger charge is 2.15. The molecule has 0 aliphatic carbocycles. The van der Waals surface area contributed by atoms with Crippen LogP contribution in [0.1, 0.15) is 18.1 Å². The fourth-order valence-corrected chi connectivity index (χ4v) is 3.19. The van der Waals surface area contributed by atoms with Gasteiger partial charge in [0.05, 0.1) is 33.3 Å². The van der Waals surface area contributed by atoms with Crippen LogP contribution in [0.15, 0.2) is 42.7 Å². The number of ether oxygens (including phenoxy) is 4. The number of hydrogen-bond donors (Lipinski definition) is 0. The molecular formula is C21H23NO5. The van der Waals surface area contributed by atoms with E-state index < -0.39 is 0 Å². The average Bonchev–Trinajstić information content (AvgIpc) is 2.67. The molecule has 27 heavy (non-hydrogen) atoms. The Morgan fingerprint density at radius 1 is 0.926 bits per heavy atom. The lowest BCUT2D eigenvalue weighted by atomic mass is 10.00. The Hall–Kier alpha value is -3.15. The van der Waals surface area contributed by atoms with Gasteiger partial charge in [-0.3, -0.25) is 0 Å². The van der Waals surface area contributed by atoms with Gasteiger partial charge in [0.15, 0.2) is 23.9 Å². The molecule has 1 aromatic heterocycles. The molecule has 1 heterocycles. The number of hydrogen-bond acceptors (Lipinski definition) is 5. The average molecular weight is 369 g/mol. The zero-order valence-electron chi connectivity index (χ0n) is 15.9. The summed E-state index contributed by atoms with van der Waals surface area (Å²) in [5, 5.41) is 14.0. The van der Waals surface area contributed by atoms with Crippen LogP contribution in [0.2, 0.25) is 0 Å². The monoisotopic (exact) mass is 369 g/mol. The first-order valence-electron chi connectivity index (χ1n) is 8.66. The number of benzene rings is 2. The van der Waals surface area contributed by atoms with Crippen LogP contribution >= 0.6 is 0 Å². The highest BCUT2D eigenvalue weighted by atomic mass is 16.5. The lowest BCUT2D eigenvalue weighted by molar-refractivity contribution is -0.604. The lowest BCUT2D eigenvalue weighted by Gasteiger charge is -2.14. The van der Waals surface area contributed by atoms with Crippen molar-refractivity contribution in [2.45, 2.75) is 13.3 Å². The van der Waals surface area contributed by atoms with Gasteiger partial charge in [-0.25, -0.2) is 0 Å². The first-order chi connectivity index (χ1) is 13.1. The highest BCUT2D eigenvalue weighted by Crippen LogP contribution is 2.39. The van der Waals surface area contributed by atoms with Gasteiger partial charge in [-0.1, -0.05) is 0 Å². The van der Waals surface area contributed by atoms with Crippen molar-refractivity contribution < 1.29 is 23.7 Å². The molecule has 0 saturated heterocycles. The smallest absolute Gasteiger partial charge is 0.203 e. The summed E-state index contributed by atoms with van der Waals surface area (Å²) in [6.45, 7) is 2.51. The maximum Gasteiger partial charge on any atom is 0.203 e. The molecule has 0 fully saturated rings. The van der Waals surface area contributed by atoms with Crippen LogP contribution in [0.25, 0.3) is 10.8 Å². The number of pyridine rings is 1. The number of nitrogens with zero attached hydrogens (tertiary/aromatic N) is 1. The molecule has 0 atom stereocenters. The molecule has 0 aliphatic rings. The summed E-state index contributed by atoms with van der Waals surface area (Å²) in [7, 11) is 4.74. The maximum atomic E-state index is 12.1. The van der Waals surface area contributed by atoms with E-state index in [1.54, 1.807) is 33.7 Å². The Balaban J connectivity index is 2.06. The van der Waals surface area contributed by atoms with Gasteiger partial charge in [-0.2, -0.15) is 4.73 Å². The van der Waals surface area contributed by atoms with Crippen molar-refractivity contribution in [3.05, 3.63) is 59.1 Å². The van der Waals surface area contributed by atoms with E-state index in [9.17, 15) is 5.21 Å². The number of rotatable bonds is 7. The summed E-state index contributed by atoms with van der Waals surface area (Å²) >= 11 is 0. The summed E-state index contributed by atoms with van der Waals surface area (Å²) in [6.07, 6.45) is 3.69. The van der Waals surface area contributed by atoms with Crippen molar-refractivity contribution in [2.75, 3.05) is 27.9 Å². The molecule has 0 bridgehead atoms. The van der Waals surface area contributed by atoms with Gasteiger partial charge in [0.1, 0.15) is 5.75 Å². The van der Waals surface area contributed by atoms with Gasteiger partial charge >= 0.3 is 0 Å². The number of aromatic nitrogens is 1. The molecule has 0 spiro atoms. The molecule has 0 unspecified atom stereocenters. The van der Waals surface area contributed by atoms with E-state index in [1.165, 1.54) is 0 Å². The maximum absolute atomic E-state index is 12.1. The van der Waals surface area contributed by atoms with E-state index in [2.05, 4.69) is 0 Å². The zero-order chi connectivity index (χ0) is 19.4. The van der Waals surface area contributed by atoms with Gasteiger partial charge in [0.25, 0.3) is 0 Å². The van der Waals surface area contributed by atoms with Crippen molar-refractivity contribution in [3.8, 4) is 23.0 Å². The Morgan fingerprint density at radius 3 is 2.22 bits per heavy atom. The van der Waals surface area contributed by atoms with Crippen LogP contribution in [-0.2, 0) is 6.42 Å². The largest absolute Gasteiger partial charge is 0.619 e. The standard InChI is InChI=1S/C21H23NO5/c1-5-27-17-6-7-18-15(12-22(23)13-16(18)11-17)8-14-9-19(24-2)21(26-4)20(10-14)25-3/h6-7,9-13H,5,8H2,1-4H3. The van der Waals surface area contributed by atoms with E-state index in [1.807, 2.05) is 37.3 Å². The minimum Gasteiger partial charge on any atom is -0.619 e. The Labute approximate surface area is 158 Å². The molecule has 3 rings (SSSR count). The van der Waals surface area contributed by atoms with Crippen molar-refractivity contribution in [1.82, 2.24) is 0 Å². The highest BCUT2D eigenvalue weighted by molar-refractivity contribution is 5.85. The second-order valence-corrected chi connectivity index (χ2v) is 6.04. The third-order valence-corrected chi connectivity index (χ3v) is 4.35. The molecule has 6 nitrogen and oxygen atoms in total. The van der Waals surface area contributed by atoms with Crippen molar-refractivity contribution in [1.29, 1.82) is 0 Å². The van der Waals surface area contributed by atoms with Crippen LogP contribution < -0.4 is 23.7 Å². The van der Waals surface area contributed by atoms with E-state index >= 15 is 0 Å². The second kappa shape index (κ2) is 8.03. The molecule has 3 aromatic rings. The van der Waals surface area contributed by atoms with Gasteiger partial charge < -0.3 is 24.2 Å². The van der Waals surface area contributed by atoms with Crippen molar-refractivity contribution >= 4 is 10.8 Å². The van der Waals surface area contributed by atoms with Gasteiger partial charge in [0.2, 0.25) is 5.75 Å². The third-order valence-electron chi connectivity index (χ3n) is 4.35. The molecule has 142 valence electrons. The molecule has 2 aromatic carbocycles. The molecule has 0 saturated carbocycles. The molecule has 0 N–H and O–H groups in total. The van der Waals surface area contributed by atoms with Gasteiger partial charge in [0, 0.05) is 12.0 Å². The molecule has 6 heteroatoms. The fraction of sp³-hybridized carbons (Fsp3) is 0.286. The van der Waals surface area contributed by atoms with Crippen LogP contribution in [0, 0.1) is 5.21 Å². The number of fused-ring (bicyclic) bond motifs is 1. The van der Waals surface area contributed by atoms with E-state index in [0.29, 0.717) is 30.3 Å². The fourth-order valence-electron chi connectivity index (χ4n) is 3.19. The summed E-state index contributed by atoms with van der Waals surface area (Å²) in [5.74, 6) is 2.46. The molecular weight excluding hydrogens is 346 g/mol. The van der Waals surface area contributed by atoms with Crippen molar-refractivity contribution in [3.63, 3.8) is 0 Å². The first-order valence-corrected chi connectivity index (χ1v) is 8.66. The van der Waals surface area contributed by atoms with E-state index in [4.69, 9.17) is 18.9 Å². The third kappa shape index (κ3) is 3.84. The molecule has 0 aliphatic heterocycles. The Kier molecular flexibility index (Phi) is 5.54. The van der Waals surface area contributed by atoms with Crippen molar-refractivity contribution in [2.24, 2.45) is 0 Å². The minimum atomic E-state index is 0.543. The van der Waals surface area contributed by atoms with Gasteiger partial charge in [-0.15, -0.1) is 0 Å². The van der Waals surface area contributed by atoms with Gasteiger partial charge in [-0.05, 0) is 48.2 Å². The summed E-state index contributed by atoms with van der Waals surface area (Å²) in [5.41, 5.74) is 1.85. The van der Waals surface area contributed by atoms with Crippen LogP contribution in [0.3, 0.4) is 0 Å². The molecule has 0 amide bonds. The van der Waals surface area contributed by atoms with Crippen LogP contribution in [-0.4, -0.2) is 27.9 Å². The van der Waals surface area contributed by atoms with Crippen LogP contribution in [0.5, 0.6) is 23.0 Å². The Bertz CT molecular complexity index is 930.